The van der Waals surface area contributed by atoms with Gasteiger partial charge in [-0.1, -0.05) is 49.2 Å². The summed E-state index contributed by atoms with van der Waals surface area (Å²) in [6, 6.07) is 10.1. The summed E-state index contributed by atoms with van der Waals surface area (Å²) in [6.07, 6.45) is 2.81. The zero-order valence-corrected chi connectivity index (χ0v) is 12.3. The van der Waals surface area contributed by atoms with Gasteiger partial charge in [0, 0.05) is 0 Å². The number of benzene rings is 1. The molecule has 0 unspecified atom stereocenters. The minimum absolute atomic E-state index is 0.0585. The van der Waals surface area contributed by atoms with Crippen LogP contribution in [0.3, 0.4) is 0 Å². The summed E-state index contributed by atoms with van der Waals surface area (Å²) in [4.78, 5) is 17.9. The van der Waals surface area contributed by atoms with Crippen molar-refractivity contribution in [3.8, 4) is 0 Å². The van der Waals surface area contributed by atoms with E-state index in [-0.39, 0.29) is 17.9 Å². The second kappa shape index (κ2) is 6.71. The highest BCUT2D eigenvalue weighted by atomic mass is 16.7. The molecule has 1 heterocycles. The van der Waals surface area contributed by atoms with Crippen LogP contribution in [-0.4, -0.2) is 17.0 Å². The molecule has 1 amide bonds. The fourth-order valence-electron chi connectivity index (χ4n) is 2.66. The number of amides is 1. The van der Waals surface area contributed by atoms with E-state index in [1.54, 1.807) is 5.06 Å². The van der Waals surface area contributed by atoms with Gasteiger partial charge in [0.1, 0.15) is 6.61 Å². The molecule has 0 radical (unpaired) electrons. The number of carbonyl (C=O) groups excluding carboxylic acids is 1. The van der Waals surface area contributed by atoms with Gasteiger partial charge in [-0.25, -0.2) is 5.06 Å². The second-order valence-electron chi connectivity index (χ2n) is 5.55. The standard InChI is InChI=1S/C17H23NO2/c1-4-8-16-15(11-13(2)3)17(19)18(16)20-12-14-9-6-5-7-10-14/h5-7,9-10,15-16H,2,4,8,11-12H2,1,3H3/t15-,16+/m1/s1. The van der Waals surface area contributed by atoms with Crippen molar-refractivity contribution in [2.24, 2.45) is 5.92 Å². The number of nitrogens with zero attached hydrogens (tertiary/aromatic N) is 1. The average Bonchev–Trinajstić information content (AvgIpc) is 2.45. The molecule has 108 valence electrons. The van der Waals surface area contributed by atoms with E-state index in [0.717, 1.165) is 30.4 Å². The van der Waals surface area contributed by atoms with E-state index in [2.05, 4.69) is 13.5 Å². The van der Waals surface area contributed by atoms with E-state index in [9.17, 15) is 4.79 Å². The van der Waals surface area contributed by atoms with Crippen LogP contribution >= 0.6 is 0 Å². The highest BCUT2D eigenvalue weighted by molar-refractivity contribution is 5.85. The summed E-state index contributed by atoms with van der Waals surface area (Å²) in [5.74, 6) is 0.158. The SMILES string of the molecule is C=C(C)C[C@H]1C(=O)N(OCc2ccccc2)[C@H]1CCC. The van der Waals surface area contributed by atoms with Gasteiger partial charge >= 0.3 is 0 Å². The lowest BCUT2D eigenvalue weighted by Gasteiger charge is -2.46. The lowest BCUT2D eigenvalue weighted by Crippen LogP contribution is -2.60. The maximum Gasteiger partial charge on any atom is 0.252 e. The summed E-state index contributed by atoms with van der Waals surface area (Å²) in [5, 5.41) is 1.57. The first-order valence-corrected chi connectivity index (χ1v) is 7.27. The molecule has 3 heteroatoms. The smallest absolute Gasteiger partial charge is 0.252 e. The van der Waals surface area contributed by atoms with Crippen molar-refractivity contribution in [1.29, 1.82) is 0 Å². The molecule has 0 saturated carbocycles. The first kappa shape index (κ1) is 14.8. The van der Waals surface area contributed by atoms with Gasteiger partial charge in [0.15, 0.2) is 0 Å². The summed E-state index contributed by atoms with van der Waals surface area (Å²) in [6.45, 7) is 8.47. The Morgan fingerprint density at radius 3 is 2.65 bits per heavy atom. The molecular formula is C17H23NO2. The Morgan fingerprint density at radius 1 is 1.35 bits per heavy atom. The van der Waals surface area contributed by atoms with Crippen LogP contribution in [-0.2, 0) is 16.2 Å². The predicted molar refractivity (Wildman–Crippen MR) is 79.7 cm³/mol. The van der Waals surface area contributed by atoms with E-state index in [0.29, 0.717) is 6.61 Å². The van der Waals surface area contributed by atoms with Crippen molar-refractivity contribution < 1.29 is 9.63 Å². The largest absolute Gasteiger partial charge is 0.272 e. The van der Waals surface area contributed by atoms with Gasteiger partial charge in [0.25, 0.3) is 5.91 Å². The van der Waals surface area contributed by atoms with Crippen LogP contribution in [0.5, 0.6) is 0 Å². The molecule has 0 N–H and O–H groups in total. The number of hydroxylamine groups is 2. The van der Waals surface area contributed by atoms with E-state index in [4.69, 9.17) is 4.84 Å². The van der Waals surface area contributed by atoms with Crippen LogP contribution in [0.1, 0.15) is 38.7 Å². The molecule has 2 rings (SSSR count). The third-order valence-corrected chi connectivity index (χ3v) is 3.67. The normalized spacial score (nSPS) is 21.7. The van der Waals surface area contributed by atoms with Crippen molar-refractivity contribution in [2.45, 2.75) is 45.8 Å². The molecule has 0 aromatic heterocycles. The van der Waals surface area contributed by atoms with Gasteiger partial charge in [0.05, 0.1) is 12.0 Å². The fourth-order valence-corrected chi connectivity index (χ4v) is 2.66. The fraction of sp³-hybridized carbons (Fsp3) is 0.471. The van der Waals surface area contributed by atoms with Crippen molar-refractivity contribution in [3.05, 3.63) is 48.0 Å². The number of β-lactam (4-membered cyclic amide) rings is 1. The lowest BCUT2D eigenvalue weighted by molar-refractivity contribution is -0.249. The van der Waals surface area contributed by atoms with Crippen molar-refractivity contribution >= 4 is 5.91 Å². The van der Waals surface area contributed by atoms with Crippen LogP contribution in [0.2, 0.25) is 0 Å². The van der Waals surface area contributed by atoms with E-state index >= 15 is 0 Å². The minimum atomic E-state index is 0.0585. The maximum absolute atomic E-state index is 12.2. The van der Waals surface area contributed by atoms with Crippen molar-refractivity contribution in [3.63, 3.8) is 0 Å². The molecule has 2 atom stereocenters. The Hall–Kier alpha value is -1.61. The van der Waals surface area contributed by atoms with Crippen LogP contribution in [0.25, 0.3) is 0 Å². The van der Waals surface area contributed by atoms with Gasteiger partial charge in [-0.05, 0) is 25.3 Å². The Kier molecular flexibility index (Phi) is 4.96. The maximum atomic E-state index is 12.2. The monoisotopic (exact) mass is 273 g/mol. The van der Waals surface area contributed by atoms with Gasteiger partial charge in [0.2, 0.25) is 0 Å². The molecule has 1 saturated heterocycles. The van der Waals surface area contributed by atoms with Crippen LogP contribution in [0.15, 0.2) is 42.5 Å². The molecule has 0 spiro atoms. The molecule has 3 nitrogen and oxygen atoms in total. The van der Waals surface area contributed by atoms with E-state index in [1.165, 1.54) is 0 Å². The molecule has 1 aliphatic rings. The van der Waals surface area contributed by atoms with E-state index < -0.39 is 0 Å². The molecule has 1 aromatic rings. The van der Waals surface area contributed by atoms with Gasteiger partial charge in [-0.2, -0.15) is 0 Å². The Balaban J connectivity index is 1.93. The highest BCUT2D eigenvalue weighted by Gasteiger charge is 2.47. The molecule has 20 heavy (non-hydrogen) atoms. The summed E-state index contributed by atoms with van der Waals surface area (Å²) >= 11 is 0. The van der Waals surface area contributed by atoms with Crippen LogP contribution in [0.4, 0.5) is 0 Å². The molecular weight excluding hydrogens is 250 g/mol. The van der Waals surface area contributed by atoms with Gasteiger partial charge in [-0.3, -0.25) is 9.63 Å². The van der Waals surface area contributed by atoms with Crippen molar-refractivity contribution in [2.75, 3.05) is 0 Å². The first-order chi connectivity index (χ1) is 9.63. The minimum Gasteiger partial charge on any atom is -0.272 e. The molecule has 0 aliphatic carbocycles. The van der Waals surface area contributed by atoms with Crippen LogP contribution < -0.4 is 0 Å². The number of carbonyl (C=O) groups is 1. The molecule has 1 aliphatic heterocycles. The number of hydrogen-bond acceptors (Lipinski definition) is 2. The average molecular weight is 273 g/mol. The van der Waals surface area contributed by atoms with Crippen LogP contribution in [0, 0.1) is 5.92 Å². The molecule has 1 fully saturated rings. The van der Waals surface area contributed by atoms with Gasteiger partial charge < -0.3 is 0 Å². The quantitative estimate of drug-likeness (QED) is 0.560. The topological polar surface area (TPSA) is 29.5 Å². The van der Waals surface area contributed by atoms with E-state index in [1.807, 2.05) is 37.3 Å². The summed E-state index contributed by atoms with van der Waals surface area (Å²) < 4.78 is 0. The summed E-state index contributed by atoms with van der Waals surface area (Å²) in [5.41, 5.74) is 2.14. The Labute approximate surface area is 121 Å². The third kappa shape index (κ3) is 3.28. The summed E-state index contributed by atoms with van der Waals surface area (Å²) in [7, 11) is 0. The lowest BCUT2D eigenvalue weighted by atomic mass is 9.82. The highest BCUT2D eigenvalue weighted by Crippen LogP contribution is 2.35. The Bertz CT molecular complexity index is 469. The Morgan fingerprint density at radius 2 is 2.05 bits per heavy atom. The number of rotatable bonds is 7. The predicted octanol–water partition coefficient (Wildman–Crippen LogP) is 3.71. The van der Waals surface area contributed by atoms with Crippen molar-refractivity contribution in [1.82, 2.24) is 5.06 Å². The molecule has 1 aromatic carbocycles. The number of hydrogen-bond donors (Lipinski definition) is 0. The first-order valence-electron chi connectivity index (χ1n) is 7.27. The number of allylic oxidation sites excluding steroid dienone is 1. The third-order valence-electron chi connectivity index (χ3n) is 3.67. The molecule has 0 bridgehead atoms. The van der Waals surface area contributed by atoms with Gasteiger partial charge in [-0.15, -0.1) is 6.58 Å². The zero-order chi connectivity index (χ0) is 14.5. The zero-order valence-electron chi connectivity index (χ0n) is 12.3. The second-order valence-corrected chi connectivity index (χ2v) is 5.55.